The minimum atomic E-state index is -0.173. The molecule has 2 atom stereocenters. The number of nitrogens with zero attached hydrogens (tertiary/aromatic N) is 4. The molecule has 5 rings (SSSR count). The lowest BCUT2D eigenvalue weighted by Gasteiger charge is -2.27. The smallest absolute Gasteiger partial charge is 0.224 e. The lowest BCUT2D eigenvalue weighted by molar-refractivity contribution is 0.111. The maximum atomic E-state index is 10.1. The second-order valence-electron chi connectivity index (χ2n) is 11.3. The standard InChI is InChI=1S/C30H44N6O/c1-4-6-21(2)32-30-31-19-27-28(20-36(29(27)34-30)25-12-14-26(37)15-13-25)22-8-10-24(11-9-22)33-23-7-5-17-35(3)18-16-23/h8-11,19-21,23,25-26,33,37H,4-7,12-18H2,1-3H3,(H,31,32,34). The van der Waals surface area contributed by atoms with E-state index in [1.807, 2.05) is 6.20 Å². The zero-order valence-electron chi connectivity index (χ0n) is 22.8. The average Bonchev–Trinajstić information content (AvgIpc) is 3.14. The predicted molar refractivity (Wildman–Crippen MR) is 153 cm³/mol. The molecule has 0 amide bonds. The van der Waals surface area contributed by atoms with Crippen molar-refractivity contribution < 1.29 is 5.11 Å². The highest BCUT2D eigenvalue weighted by atomic mass is 16.3. The minimum absolute atomic E-state index is 0.173. The summed E-state index contributed by atoms with van der Waals surface area (Å²) in [5.74, 6) is 0.698. The molecule has 200 valence electrons. The number of hydrogen-bond donors (Lipinski definition) is 3. The Hall–Kier alpha value is -2.64. The van der Waals surface area contributed by atoms with E-state index in [0.717, 1.165) is 56.1 Å². The Balaban J connectivity index is 1.42. The fourth-order valence-corrected chi connectivity index (χ4v) is 6.04. The summed E-state index contributed by atoms with van der Waals surface area (Å²) < 4.78 is 2.35. The number of rotatable bonds is 8. The number of aliphatic hydroxyl groups is 1. The van der Waals surface area contributed by atoms with Gasteiger partial charge in [0.2, 0.25) is 5.95 Å². The number of likely N-dealkylation sites (tertiary alicyclic amines) is 1. The van der Waals surface area contributed by atoms with E-state index in [-0.39, 0.29) is 6.10 Å². The van der Waals surface area contributed by atoms with E-state index < -0.39 is 0 Å². The van der Waals surface area contributed by atoms with Gasteiger partial charge in [0, 0.05) is 47.2 Å². The van der Waals surface area contributed by atoms with Crippen LogP contribution in [0.15, 0.2) is 36.7 Å². The Labute approximate surface area is 221 Å². The molecule has 0 spiro atoms. The third-order valence-electron chi connectivity index (χ3n) is 8.25. The number of aliphatic hydroxyl groups excluding tert-OH is 1. The molecule has 3 heterocycles. The van der Waals surface area contributed by atoms with E-state index in [0.29, 0.717) is 24.1 Å². The van der Waals surface area contributed by atoms with E-state index in [4.69, 9.17) is 9.97 Å². The Morgan fingerprint density at radius 1 is 1.05 bits per heavy atom. The van der Waals surface area contributed by atoms with Gasteiger partial charge in [0.15, 0.2) is 0 Å². The lowest BCUT2D eigenvalue weighted by atomic mass is 9.93. The Morgan fingerprint density at radius 2 is 1.84 bits per heavy atom. The van der Waals surface area contributed by atoms with Crippen molar-refractivity contribution in [2.45, 2.75) is 95.9 Å². The van der Waals surface area contributed by atoms with Crippen LogP contribution in [0.4, 0.5) is 11.6 Å². The average molecular weight is 505 g/mol. The highest BCUT2D eigenvalue weighted by Crippen LogP contribution is 2.37. The first-order valence-electron chi connectivity index (χ1n) is 14.4. The van der Waals surface area contributed by atoms with Gasteiger partial charge in [-0.15, -0.1) is 0 Å². The third-order valence-corrected chi connectivity index (χ3v) is 8.25. The lowest BCUT2D eigenvalue weighted by Crippen LogP contribution is -2.22. The fourth-order valence-electron chi connectivity index (χ4n) is 6.04. The van der Waals surface area contributed by atoms with Gasteiger partial charge in [-0.2, -0.15) is 4.98 Å². The van der Waals surface area contributed by atoms with Gasteiger partial charge in [-0.25, -0.2) is 4.98 Å². The van der Waals surface area contributed by atoms with E-state index >= 15 is 0 Å². The van der Waals surface area contributed by atoms with Crippen LogP contribution in [0.1, 0.15) is 77.7 Å². The minimum Gasteiger partial charge on any atom is -0.393 e. The molecule has 1 saturated carbocycles. The zero-order chi connectivity index (χ0) is 25.8. The van der Waals surface area contributed by atoms with Gasteiger partial charge < -0.3 is 25.2 Å². The van der Waals surface area contributed by atoms with Crippen LogP contribution in [-0.4, -0.2) is 62.9 Å². The Bertz CT molecular complexity index is 1150. The summed E-state index contributed by atoms with van der Waals surface area (Å²) in [5, 5.41) is 18.4. The number of fused-ring (bicyclic) bond motifs is 1. The second-order valence-corrected chi connectivity index (χ2v) is 11.3. The Morgan fingerprint density at radius 3 is 2.59 bits per heavy atom. The third kappa shape index (κ3) is 6.27. The van der Waals surface area contributed by atoms with E-state index in [1.54, 1.807) is 0 Å². The van der Waals surface area contributed by atoms with E-state index in [2.05, 4.69) is 71.5 Å². The van der Waals surface area contributed by atoms with Crippen LogP contribution in [0.5, 0.6) is 0 Å². The molecule has 2 unspecified atom stereocenters. The summed E-state index contributed by atoms with van der Waals surface area (Å²) in [6, 6.07) is 10.1. The molecular formula is C30H44N6O. The SMILES string of the molecule is CCCC(C)Nc1ncc2c(-c3ccc(NC4CCCN(C)CC4)cc3)cn(C3CCC(O)CC3)c2n1. The van der Waals surface area contributed by atoms with Crippen LogP contribution in [0.25, 0.3) is 22.2 Å². The normalized spacial score (nSPS) is 24.1. The summed E-state index contributed by atoms with van der Waals surface area (Å²) in [6.07, 6.45) is 13.6. The molecule has 1 saturated heterocycles. The van der Waals surface area contributed by atoms with Crippen molar-refractivity contribution in [3.05, 3.63) is 36.7 Å². The second kappa shape index (κ2) is 11.8. The van der Waals surface area contributed by atoms with E-state index in [1.165, 1.54) is 42.6 Å². The van der Waals surface area contributed by atoms with Crippen molar-refractivity contribution in [2.75, 3.05) is 30.8 Å². The first-order valence-corrected chi connectivity index (χ1v) is 14.4. The quantitative estimate of drug-likeness (QED) is 0.346. The van der Waals surface area contributed by atoms with Gasteiger partial charge in [0.05, 0.1) is 6.10 Å². The topological polar surface area (TPSA) is 78.2 Å². The molecular weight excluding hydrogens is 460 g/mol. The summed E-state index contributed by atoms with van der Waals surface area (Å²) in [5.41, 5.74) is 4.55. The van der Waals surface area contributed by atoms with Gasteiger partial charge in [0.1, 0.15) is 5.65 Å². The summed E-state index contributed by atoms with van der Waals surface area (Å²) >= 11 is 0. The van der Waals surface area contributed by atoms with Crippen LogP contribution < -0.4 is 10.6 Å². The molecule has 1 aromatic carbocycles. The monoisotopic (exact) mass is 504 g/mol. The van der Waals surface area contributed by atoms with Crippen molar-refractivity contribution in [2.24, 2.45) is 0 Å². The maximum Gasteiger partial charge on any atom is 0.224 e. The van der Waals surface area contributed by atoms with Crippen molar-refractivity contribution in [3.63, 3.8) is 0 Å². The summed E-state index contributed by atoms with van der Waals surface area (Å²) in [7, 11) is 2.22. The van der Waals surface area contributed by atoms with Crippen LogP contribution in [0.2, 0.25) is 0 Å². The fraction of sp³-hybridized carbons (Fsp3) is 0.600. The van der Waals surface area contributed by atoms with Gasteiger partial charge in [-0.05, 0) is 96.1 Å². The highest BCUT2D eigenvalue weighted by molar-refractivity contribution is 5.94. The number of anilines is 2. The molecule has 7 heteroatoms. The number of benzene rings is 1. The number of hydrogen-bond acceptors (Lipinski definition) is 6. The molecule has 0 bridgehead atoms. The van der Waals surface area contributed by atoms with Crippen molar-refractivity contribution >= 4 is 22.7 Å². The van der Waals surface area contributed by atoms with Crippen LogP contribution >= 0.6 is 0 Å². The molecule has 3 aromatic rings. The van der Waals surface area contributed by atoms with Crippen molar-refractivity contribution in [1.82, 2.24) is 19.4 Å². The van der Waals surface area contributed by atoms with Gasteiger partial charge in [0.25, 0.3) is 0 Å². The van der Waals surface area contributed by atoms with E-state index in [9.17, 15) is 5.11 Å². The van der Waals surface area contributed by atoms with Gasteiger partial charge in [-0.3, -0.25) is 0 Å². The molecule has 0 radical (unpaired) electrons. The van der Waals surface area contributed by atoms with Crippen LogP contribution in [0.3, 0.4) is 0 Å². The van der Waals surface area contributed by atoms with Crippen LogP contribution in [0, 0.1) is 0 Å². The maximum absolute atomic E-state index is 10.1. The van der Waals surface area contributed by atoms with Gasteiger partial charge >= 0.3 is 0 Å². The first kappa shape index (κ1) is 26.0. The summed E-state index contributed by atoms with van der Waals surface area (Å²) in [6.45, 7) is 6.74. The van der Waals surface area contributed by atoms with Crippen LogP contribution in [-0.2, 0) is 0 Å². The number of aromatic nitrogens is 3. The molecule has 1 aliphatic heterocycles. The number of nitrogens with one attached hydrogen (secondary N) is 2. The molecule has 2 aromatic heterocycles. The molecule has 3 N–H and O–H groups in total. The summed E-state index contributed by atoms with van der Waals surface area (Å²) in [4.78, 5) is 12.1. The Kier molecular flexibility index (Phi) is 8.30. The molecule has 1 aliphatic carbocycles. The highest BCUT2D eigenvalue weighted by Gasteiger charge is 2.24. The van der Waals surface area contributed by atoms with Crippen molar-refractivity contribution in [3.8, 4) is 11.1 Å². The molecule has 2 aliphatic rings. The molecule has 37 heavy (non-hydrogen) atoms. The largest absolute Gasteiger partial charge is 0.393 e. The first-order chi connectivity index (χ1) is 18.0. The predicted octanol–water partition coefficient (Wildman–Crippen LogP) is 6.07. The molecule has 2 fully saturated rings. The molecule has 7 nitrogen and oxygen atoms in total. The van der Waals surface area contributed by atoms with Gasteiger partial charge in [-0.1, -0.05) is 25.5 Å². The zero-order valence-corrected chi connectivity index (χ0v) is 22.8. The van der Waals surface area contributed by atoms with Crippen molar-refractivity contribution in [1.29, 1.82) is 0 Å².